The lowest BCUT2D eigenvalue weighted by molar-refractivity contribution is -0.161. The summed E-state index contributed by atoms with van der Waals surface area (Å²) in [5, 5.41) is 9.86. The number of hydrogen-bond donors (Lipinski definition) is 2. The maximum atomic E-state index is 13.0. The summed E-state index contributed by atoms with van der Waals surface area (Å²) in [6.07, 6.45) is 79.9. The van der Waals surface area contributed by atoms with Gasteiger partial charge in [0.05, 0.1) is 19.8 Å². The van der Waals surface area contributed by atoms with E-state index in [1.54, 1.807) is 0 Å². The summed E-state index contributed by atoms with van der Waals surface area (Å²) in [4.78, 5) is 48.7. The van der Waals surface area contributed by atoms with Crippen LogP contribution in [0.4, 0.5) is 0 Å². The Kier molecular flexibility index (Phi) is 59.3. The highest BCUT2D eigenvalue weighted by Crippen LogP contribution is 2.43. The summed E-state index contributed by atoms with van der Waals surface area (Å²) in [7, 11) is -4.79. The lowest BCUT2D eigenvalue weighted by Gasteiger charge is -2.21. The fourth-order valence-corrected chi connectivity index (χ4v) is 9.08. The summed E-state index contributed by atoms with van der Waals surface area (Å²) in [5.74, 6) is -1.61. The molecule has 3 unspecified atom stereocenters. The highest BCUT2D eigenvalue weighted by Gasteiger charge is 2.28. The van der Waals surface area contributed by atoms with E-state index in [0.29, 0.717) is 25.7 Å². The van der Waals surface area contributed by atoms with Crippen molar-refractivity contribution in [1.29, 1.82) is 0 Å². The van der Waals surface area contributed by atoms with Gasteiger partial charge in [-0.2, -0.15) is 0 Å². The molecule has 0 spiro atoms. The van der Waals surface area contributed by atoms with Gasteiger partial charge in [0.1, 0.15) is 12.7 Å². The number of aliphatic hydroxyl groups excluding tert-OH is 1. The van der Waals surface area contributed by atoms with Crippen LogP contribution < -0.4 is 0 Å². The molecule has 82 heavy (non-hydrogen) atoms. The molecule has 0 aromatic carbocycles. The van der Waals surface area contributed by atoms with Gasteiger partial charge in [-0.25, -0.2) is 4.57 Å². The minimum Gasteiger partial charge on any atom is -0.462 e. The Hall–Kier alpha value is -4.38. The number of hydrogen-bond acceptors (Lipinski definition) is 10. The minimum atomic E-state index is -4.79. The van der Waals surface area contributed by atoms with Crippen molar-refractivity contribution >= 4 is 25.7 Å². The van der Waals surface area contributed by atoms with Crippen molar-refractivity contribution in [2.75, 3.05) is 26.4 Å². The molecule has 2 N–H and O–H groups in total. The van der Waals surface area contributed by atoms with Gasteiger partial charge in [0.15, 0.2) is 6.10 Å². The third kappa shape index (κ3) is 60.2. The fourth-order valence-electron chi connectivity index (χ4n) is 8.29. The minimum absolute atomic E-state index is 0.0286. The average molecular weight is 1160 g/mol. The second kappa shape index (κ2) is 62.7. The van der Waals surface area contributed by atoms with Crippen LogP contribution in [-0.4, -0.2) is 66.5 Å². The largest absolute Gasteiger partial charge is 0.472 e. The second-order valence-corrected chi connectivity index (χ2v) is 22.3. The monoisotopic (exact) mass is 1160 g/mol. The predicted molar refractivity (Wildman–Crippen MR) is 343 cm³/mol. The first-order valence-corrected chi connectivity index (χ1v) is 33.6. The number of allylic oxidation sites excluding steroid dienone is 22. The van der Waals surface area contributed by atoms with E-state index in [2.05, 4.69) is 142 Å². The Morgan fingerprint density at radius 2 is 0.659 bits per heavy atom. The molecule has 12 heteroatoms. The number of phosphoric acid groups is 1. The first-order valence-electron chi connectivity index (χ1n) is 32.1. The Bertz CT molecular complexity index is 1890. The molecule has 0 fully saturated rings. The lowest BCUT2D eigenvalue weighted by Crippen LogP contribution is -2.30. The van der Waals surface area contributed by atoms with Gasteiger partial charge in [-0.15, -0.1) is 0 Å². The van der Waals surface area contributed by atoms with Gasteiger partial charge in [0, 0.05) is 19.3 Å². The van der Waals surface area contributed by atoms with Gasteiger partial charge in [-0.05, 0) is 103 Å². The number of esters is 3. The Labute approximate surface area is 500 Å². The summed E-state index contributed by atoms with van der Waals surface area (Å²) >= 11 is 0. The molecule has 0 aliphatic carbocycles. The molecule has 0 rings (SSSR count). The molecule has 0 bridgehead atoms. The van der Waals surface area contributed by atoms with Crippen molar-refractivity contribution < 1.29 is 52.2 Å². The van der Waals surface area contributed by atoms with Crippen LogP contribution in [0.25, 0.3) is 0 Å². The molecule has 3 atom stereocenters. The molecule has 11 nitrogen and oxygen atoms in total. The summed E-state index contributed by atoms with van der Waals surface area (Å²) < 4.78 is 39.6. The Morgan fingerprint density at radius 3 is 1.05 bits per heavy atom. The molecular weight excluding hydrogens is 1050 g/mol. The van der Waals surface area contributed by atoms with Gasteiger partial charge >= 0.3 is 25.7 Å². The Balaban J connectivity index is 4.86. The lowest BCUT2D eigenvalue weighted by atomic mass is 10.0. The van der Waals surface area contributed by atoms with E-state index in [9.17, 15) is 28.9 Å². The topological polar surface area (TPSA) is 155 Å². The SMILES string of the molecule is CC/C=C\C/C=C\C/C=C\C/C=C\C/C=C\C/C=C\CCC(=O)OC(COC(=O)CCCCC/C=C\C/C=C\C/C=C\C/C=C\C/C=C\CC)COP(=O)(O)OCC(CO)OC(=O)CCCCCCCCCCCCCCCCCCC. The van der Waals surface area contributed by atoms with E-state index < -0.39 is 57.8 Å². The van der Waals surface area contributed by atoms with Crippen LogP contribution in [0.2, 0.25) is 0 Å². The van der Waals surface area contributed by atoms with Gasteiger partial charge < -0.3 is 24.2 Å². The van der Waals surface area contributed by atoms with Crippen LogP contribution in [0.15, 0.2) is 134 Å². The third-order valence-electron chi connectivity index (χ3n) is 13.1. The molecule has 0 amide bonds. The van der Waals surface area contributed by atoms with Gasteiger partial charge in [-0.1, -0.05) is 264 Å². The van der Waals surface area contributed by atoms with Crippen LogP contribution in [0.3, 0.4) is 0 Å². The zero-order chi connectivity index (χ0) is 59.8. The average Bonchev–Trinajstić information content (AvgIpc) is 3.50. The van der Waals surface area contributed by atoms with Crippen molar-refractivity contribution in [3.63, 3.8) is 0 Å². The highest BCUT2D eigenvalue weighted by molar-refractivity contribution is 7.47. The van der Waals surface area contributed by atoms with Gasteiger partial charge in [0.2, 0.25) is 0 Å². The van der Waals surface area contributed by atoms with E-state index in [0.717, 1.165) is 103 Å². The number of unbranched alkanes of at least 4 members (excludes halogenated alkanes) is 19. The van der Waals surface area contributed by atoms with Gasteiger partial charge in [0.25, 0.3) is 0 Å². The maximum absolute atomic E-state index is 13.0. The van der Waals surface area contributed by atoms with E-state index in [-0.39, 0.29) is 25.9 Å². The van der Waals surface area contributed by atoms with Crippen LogP contribution in [-0.2, 0) is 42.2 Å². The van der Waals surface area contributed by atoms with Crippen molar-refractivity contribution in [3.05, 3.63) is 134 Å². The molecule has 0 saturated carbocycles. The second-order valence-electron chi connectivity index (χ2n) is 20.8. The van der Waals surface area contributed by atoms with Crippen molar-refractivity contribution in [3.8, 4) is 0 Å². The van der Waals surface area contributed by atoms with E-state index in [4.69, 9.17) is 23.3 Å². The third-order valence-corrected chi connectivity index (χ3v) is 14.0. The highest BCUT2D eigenvalue weighted by atomic mass is 31.2. The molecule has 0 aromatic rings. The summed E-state index contributed by atoms with van der Waals surface area (Å²) in [6.45, 7) is 4.31. The first kappa shape index (κ1) is 77.6. The van der Waals surface area contributed by atoms with Crippen LogP contribution >= 0.6 is 7.82 Å². The summed E-state index contributed by atoms with van der Waals surface area (Å²) in [5.41, 5.74) is 0. The van der Waals surface area contributed by atoms with Crippen molar-refractivity contribution in [2.45, 2.75) is 264 Å². The van der Waals surface area contributed by atoms with Crippen LogP contribution in [0.5, 0.6) is 0 Å². The smallest absolute Gasteiger partial charge is 0.462 e. The standard InChI is InChI=1S/C70H115O11P/c1-4-7-10-13-16-19-22-25-28-31-33-36-38-41-44-47-50-53-56-59-68(72)77-63-67(81-70(74)61-58-55-52-49-46-43-40-37-34-32-29-26-23-20-17-14-11-8-5-2)65-79-82(75,76)78-64-66(62-71)80-69(73)60-57-54-51-48-45-42-39-35-30-27-24-21-18-15-12-9-6-3/h7-8,10-11,16-17,19-20,25-26,28-29,33-34,36-37,41,43-44,46,52,55,66-67,71H,4-6,9,12-15,18,21-24,27,30-32,35,38-40,42,45,47-51,53-54,56-65H2,1-3H3,(H,75,76)/b10-7-,11-8-,19-16-,20-17-,28-25-,29-26-,36-33-,37-34-,44-41-,46-43-,55-52-. The quantitative estimate of drug-likeness (QED) is 0.0197. The number of ether oxygens (including phenoxy) is 3. The first-order chi connectivity index (χ1) is 40.2. The molecule has 0 aromatic heterocycles. The zero-order valence-electron chi connectivity index (χ0n) is 51.7. The fraction of sp³-hybridized carbons (Fsp3) is 0.643. The number of carbonyl (C=O) groups is 3. The molecule has 0 radical (unpaired) electrons. The van der Waals surface area contributed by atoms with Crippen molar-refractivity contribution in [2.24, 2.45) is 0 Å². The van der Waals surface area contributed by atoms with E-state index >= 15 is 0 Å². The predicted octanol–water partition coefficient (Wildman–Crippen LogP) is 19.7. The maximum Gasteiger partial charge on any atom is 0.472 e. The molecule has 466 valence electrons. The molecule has 0 saturated heterocycles. The van der Waals surface area contributed by atoms with E-state index in [1.165, 1.54) is 83.5 Å². The Morgan fingerprint density at radius 1 is 0.354 bits per heavy atom. The molecule has 0 aliphatic rings. The molecule has 0 heterocycles. The van der Waals surface area contributed by atoms with Gasteiger partial charge in [-0.3, -0.25) is 23.4 Å². The molecular formula is C70H115O11P. The molecule has 0 aliphatic heterocycles. The number of rotatable bonds is 58. The van der Waals surface area contributed by atoms with Crippen LogP contribution in [0.1, 0.15) is 252 Å². The number of phosphoric ester groups is 1. The number of carbonyl (C=O) groups excluding carboxylic acids is 3. The number of aliphatic hydroxyl groups is 1. The normalized spacial score (nSPS) is 14.2. The zero-order valence-corrected chi connectivity index (χ0v) is 52.6. The van der Waals surface area contributed by atoms with E-state index in [1.807, 2.05) is 12.2 Å². The van der Waals surface area contributed by atoms with Crippen LogP contribution in [0, 0.1) is 0 Å². The van der Waals surface area contributed by atoms with Crippen molar-refractivity contribution in [1.82, 2.24) is 0 Å². The summed E-state index contributed by atoms with van der Waals surface area (Å²) in [6, 6.07) is 0.